The Bertz CT molecular complexity index is 118. The molecule has 0 aromatic heterocycles. The number of hydrogen-bond acceptors (Lipinski definition) is 3. The second-order valence-corrected chi connectivity index (χ2v) is 1.85. The van der Waals surface area contributed by atoms with E-state index in [0.29, 0.717) is 0 Å². The Hall–Kier alpha value is 1.16. The van der Waals surface area contributed by atoms with E-state index in [4.69, 9.17) is 4.55 Å². The average molecular weight is 157 g/mol. The Balaban J connectivity index is -0.000000125. The maximum absolute atomic E-state index is 9.20. The zero-order valence-corrected chi connectivity index (χ0v) is 7.03. The molecule has 0 rings (SSSR count). The minimum Gasteiger partial charge on any atom is -1.00 e. The van der Waals surface area contributed by atoms with E-state index in [9.17, 15) is 8.42 Å². The maximum Gasteiger partial charge on any atom is 1.00 e. The molecule has 0 spiro atoms. The molecule has 0 aliphatic heterocycles. The fourth-order valence-corrected chi connectivity index (χ4v) is 0. The summed E-state index contributed by atoms with van der Waals surface area (Å²) < 4.78 is 28.8. The predicted molar refractivity (Wildman–Crippen MR) is 19.6 cm³/mol. The first-order chi connectivity index (χ1) is 2.56. The summed E-state index contributed by atoms with van der Waals surface area (Å²) in [5.41, 5.74) is 0. The van der Waals surface area contributed by atoms with Gasteiger partial charge in [-0.3, -0.25) is 4.55 Å². The summed E-state index contributed by atoms with van der Waals surface area (Å²) in [7, 11) is -4.40. The van der Waals surface area contributed by atoms with E-state index in [1.165, 1.54) is 0 Å². The second-order valence-electron chi connectivity index (χ2n) is 0.491. The van der Waals surface area contributed by atoms with E-state index in [-0.39, 0.29) is 31.0 Å². The van der Waals surface area contributed by atoms with Crippen LogP contribution in [0.5, 0.6) is 0 Å². The minimum absolute atomic E-state index is 0. The van der Waals surface area contributed by atoms with Crippen molar-refractivity contribution in [2.45, 2.75) is 0 Å². The van der Waals surface area contributed by atoms with Gasteiger partial charge in [0.05, 0.1) is 11.9 Å². The molecule has 4 nitrogen and oxygen atoms in total. The molecule has 0 aromatic rings. The summed E-state index contributed by atoms with van der Waals surface area (Å²) in [4.78, 5) is 0. The molecule has 0 unspecified atom stereocenters. The third-order valence-corrected chi connectivity index (χ3v) is 0.716. The van der Waals surface area contributed by atoms with Crippen LogP contribution in [0.2, 0.25) is 0 Å². The van der Waals surface area contributed by atoms with Gasteiger partial charge in [-0.25, -0.2) is 0 Å². The van der Waals surface area contributed by atoms with Crippen molar-refractivity contribution in [2.24, 2.45) is 0 Å². The molecular formula is H2ClNaO4S. The molecule has 0 bridgehead atoms. The Morgan fingerprint density at radius 3 is 1.86 bits per heavy atom. The van der Waals surface area contributed by atoms with Crippen molar-refractivity contribution in [3.8, 4) is 0 Å². The monoisotopic (exact) mass is 156 g/mol. The largest absolute Gasteiger partial charge is 1.00 e. The Morgan fingerprint density at radius 2 is 1.86 bits per heavy atom. The molecule has 40 valence electrons. The van der Waals surface area contributed by atoms with Crippen molar-refractivity contribution in [3.63, 3.8) is 0 Å². The first-order valence-corrected chi connectivity index (χ1v) is 2.51. The van der Waals surface area contributed by atoms with Crippen molar-refractivity contribution in [1.29, 1.82) is 0 Å². The Kier molecular flexibility index (Phi) is 6.43. The van der Waals surface area contributed by atoms with E-state index in [2.05, 4.69) is 15.6 Å². The van der Waals surface area contributed by atoms with Crippen LogP contribution in [0.3, 0.4) is 0 Å². The van der Waals surface area contributed by atoms with Gasteiger partial charge < -0.3 is 1.43 Å². The van der Waals surface area contributed by atoms with Crippen molar-refractivity contribution in [1.82, 2.24) is 0 Å². The van der Waals surface area contributed by atoms with Crippen LogP contribution in [0.4, 0.5) is 0 Å². The SMILES string of the molecule is O=S(=O)(O)OCl.[H-].[Na+]. The molecule has 0 saturated heterocycles. The van der Waals surface area contributed by atoms with Crippen LogP contribution < -0.4 is 29.6 Å². The predicted octanol–water partition coefficient (Wildman–Crippen LogP) is -2.92. The van der Waals surface area contributed by atoms with Crippen molar-refractivity contribution in [2.75, 3.05) is 0 Å². The fourth-order valence-electron chi connectivity index (χ4n) is 0. The van der Waals surface area contributed by atoms with Gasteiger partial charge in [0.1, 0.15) is 0 Å². The van der Waals surface area contributed by atoms with Gasteiger partial charge in [0.2, 0.25) is 0 Å². The molecule has 0 radical (unpaired) electrons. The third kappa shape index (κ3) is 11.0. The third-order valence-electron chi connectivity index (χ3n) is 0.0796. The first-order valence-electron chi connectivity index (χ1n) is 0.837. The van der Waals surface area contributed by atoms with E-state index < -0.39 is 10.4 Å². The van der Waals surface area contributed by atoms with Crippen LogP contribution in [0.1, 0.15) is 1.43 Å². The molecule has 0 amide bonds. The van der Waals surface area contributed by atoms with E-state index >= 15 is 0 Å². The molecule has 7 heavy (non-hydrogen) atoms. The number of hydrogen-bond donors (Lipinski definition) is 1. The van der Waals surface area contributed by atoms with Gasteiger partial charge in [-0.1, -0.05) is 0 Å². The van der Waals surface area contributed by atoms with Gasteiger partial charge in [-0.05, 0) is 0 Å². The molecule has 0 aliphatic carbocycles. The van der Waals surface area contributed by atoms with Crippen LogP contribution in [-0.4, -0.2) is 13.0 Å². The normalized spacial score (nSPS) is 10.0. The van der Waals surface area contributed by atoms with Crippen LogP contribution in [0.15, 0.2) is 0 Å². The smallest absolute Gasteiger partial charge is 1.00 e. The summed E-state index contributed by atoms with van der Waals surface area (Å²) in [6, 6.07) is 0. The molecule has 0 aliphatic rings. The molecule has 0 fully saturated rings. The van der Waals surface area contributed by atoms with Crippen LogP contribution in [0.25, 0.3) is 0 Å². The van der Waals surface area contributed by atoms with Crippen molar-refractivity contribution < 1.29 is 47.7 Å². The van der Waals surface area contributed by atoms with Gasteiger partial charge in [-0.2, -0.15) is 8.42 Å². The molecule has 0 heterocycles. The van der Waals surface area contributed by atoms with Gasteiger partial charge in [0, 0.05) is 0 Å². The first kappa shape index (κ1) is 11.0. The fraction of sp³-hybridized carbons (Fsp3) is 0. The quantitative estimate of drug-likeness (QED) is 0.326. The molecule has 0 aromatic carbocycles. The maximum atomic E-state index is 9.20. The van der Waals surface area contributed by atoms with Crippen LogP contribution in [-0.2, 0) is 14.1 Å². The molecular weight excluding hydrogens is 155 g/mol. The Morgan fingerprint density at radius 1 is 1.71 bits per heavy atom. The minimum atomic E-state index is -4.40. The summed E-state index contributed by atoms with van der Waals surface area (Å²) in [6.07, 6.45) is 0. The summed E-state index contributed by atoms with van der Waals surface area (Å²) in [6.45, 7) is 0. The Labute approximate surface area is 69.7 Å². The molecule has 0 saturated carbocycles. The van der Waals surface area contributed by atoms with Gasteiger partial charge in [0.25, 0.3) is 0 Å². The van der Waals surface area contributed by atoms with Gasteiger partial charge in [0.15, 0.2) is 0 Å². The molecule has 7 heteroatoms. The molecule has 0 atom stereocenters. The summed E-state index contributed by atoms with van der Waals surface area (Å²) in [5.74, 6) is 0. The van der Waals surface area contributed by atoms with Crippen molar-refractivity contribution >= 4 is 22.3 Å². The van der Waals surface area contributed by atoms with Crippen molar-refractivity contribution in [3.05, 3.63) is 0 Å². The average Bonchev–Trinajstić information content (AvgIpc) is 1.35. The van der Waals surface area contributed by atoms with Gasteiger partial charge in [-0.15, -0.1) is 3.74 Å². The van der Waals surface area contributed by atoms with Crippen LogP contribution >= 0.6 is 11.9 Å². The van der Waals surface area contributed by atoms with E-state index in [0.717, 1.165) is 0 Å². The summed E-state index contributed by atoms with van der Waals surface area (Å²) >= 11 is 4.14. The molecule has 1 N–H and O–H groups in total. The standard InChI is InChI=1S/ClHO4S.Na.H/c1-5-6(2,3)4;;/h(H,2,3,4);;/q;+1;-1. The van der Waals surface area contributed by atoms with Gasteiger partial charge >= 0.3 is 40.0 Å². The van der Waals surface area contributed by atoms with Crippen LogP contribution in [0, 0.1) is 0 Å². The summed E-state index contributed by atoms with van der Waals surface area (Å²) in [5, 5.41) is 0. The number of rotatable bonds is 1. The number of halogens is 1. The van der Waals surface area contributed by atoms with E-state index in [1.807, 2.05) is 0 Å². The zero-order chi connectivity index (χ0) is 5.21. The van der Waals surface area contributed by atoms with E-state index in [1.54, 1.807) is 0 Å². The second kappa shape index (κ2) is 4.08. The zero-order valence-electron chi connectivity index (χ0n) is 4.46. The topological polar surface area (TPSA) is 63.6 Å².